The largest absolute Gasteiger partial charge is 0.248 e. The van der Waals surface area contributed by atoms with Gasteiger partial charge in [0.05, 0.1) is 25.0 Å². The second kappa shape index (κ2) is 5.59. The van der Waals surface area contributed by atoms with E-state index in [-0.39, 0.29) is 6.54 Å². The van der Waals surface area contributed by atoms with Crippen molar-refractivity contribution in [2.24, 2.45) is 0 Å². The van der Waals surface area contributed by atoms with Gasteiger partial charge in [-0.2, -0.15) is 4.31 Å². The predicted molar refractivity (Wildman–Crippen MR) is 79.0 cm³/mol. The van der Waals surface area contributed by atoms with Crippen molar-refractivity contribution in [3.8, 4) is 0 Å². The number of rotatable bonds is 4. The highest BCUT2D eigenvalue weighted by Crippen LogP contribution is 2.15. The van der Waals surface area contributed by atoms with E-state index < -0.39 is 10.0 Å². The Morgan fingerprint density at radius 3 is 2.86 bits per heavy atom. The molecule has 0 spiro atoms. The average molecular weight is 325 g/mol. The van der Waals surface area contributed by atoms with Gasteiger partial charge in [-0.3, -0.25) is 0 Å². The van der Waals surface area contributed by atoms with Crippen LogP contribution in [-0.4, -0.2) is 34.3 Å². The molecular weight excluding hydrogens is 312 g/mol. The summed E-state index contributed by atoms with van der Waals surface area (Å²) in [6.07, 6.45) is 3.36. The molecule has 6 nitrogen and oxygen atoms in total. The van der Waals surface area contributed by atoms with Crippen LogP contribution < -0.4 is 0 Å². The molecule has 0 saturated carbocycles. The fourth-order valence-electron chi connectivity index (χ4n) is 2.12. The van der Waals surface area contributed by atoms with Crippen molar-refractivity contribution >= 4 is 21.6 Å². The molecule has 8 heteroatoms. The van der Waals surface area contributed by atoms with Crippen LogP contribution in [0.25, 0.3) is 0 Å². The Kier molecular flexibility index (Phi) is 3.79. The molecule has 0 aliphatic carbocycles. The second-order valence-corrected chi connectivity index (χ2v) is 7.00. The van der Waals surface area contributed by atoms with Gasteiger partial charge >= 0.3 is 0 Å². The Hall–Kier alpha value is -1.70. The summed E-state index contributed by atoms with van der Waals surface area (Å²) in [5.41, 5.74) is 1.62. The molecule has 21 heavy (non-hydrogen) atoms. The Labute approximate surface area is 127 Å². The van der Waals surface area contributed by atoms with Gasteiger partial charge in [0.25, 0.3) is 0 Å². The fraction of sp³-hybridized carbons (Fsp3) is 0.231. The Morgan fingerprint density at radius 2 is 2.14 bits per heavy atom. The van der Waals surface area contributed by atoms with Crippen LogP contribution in [0, 0.1) is 0 Å². The fourth-order valence-corrected chi connectivity index (χ4v) is 3.44. The van der Waals surface area contributed by atoms with E-state index in [1.54, 1.807) is 17.0 Å². The molecule has 2 aromatic rings. The molecule has 0 saturated heterocycles. The third kappa shape index (κ3) is 3.31. The molecule has 1 aliphatic rings. The first-order valence-electron chi connectivity index (χ1n) is 6.33. The molecule has 0 N–H and O–H groups in total. The Bertz CT molecular complexity index is 785. The van der Waals surface area contributed by atoms with E-state index in [0.717, 1.165) is 5.56 Å². The maximum Gasteiger partial charge on any atom is 0.236 e. The average Bonchev–Trinajstić information content (AvgIpc) is 2.97. The lowest BCUT2D eigenvalue weighted by atomic mass is 10.2. The molecule has 1 aromatic carbocycles. The lowest BCUT2D eigenvalue weighted by molar-refractivity contribution is 0.449. The number of halogens is 1. The number of hydrogen-bond acceptors (Lipinski definition) is 4. The van der Waals surface area contributed by atoms with Crippen molar-refractivity contribution < 1.29 is 8.42 Å². The highest BCUT2D eigenvalue weighted by Gasteiger charge is 2.24. The molecule has 0 amide bonds. The number of hydrogen-bond donors (Lipinski definition) is 0. The van der Waals surface area contributed by atoms with Crippen LogP contribution >= 0.6 is 11.6 Å². The minimum Gasteiger partial charge on any atom is -0.248 e. The summed E-state index contributed by atoms with van der Waals surface area (Å²) in [4.78, 5) is 0. The molecule has 1 aliphatic heterocycles. The zero-order chi connectivity index (χ0) is 14.9. The zero-order valence-corrected chi connectivity index (χ0v) is 12.6. The minimum atomic E-state index is -3.28. The van der Waals surface area contributed by atoms with Crippen molar-refractivity contribution in [3.63, 3.8) is 0 Å². The van der Waals surface area contributed by atoms with Gasteiger partial charge in [-0.25, -0.2) is 13.1 Å². The van der Waals surface area contributed by atoms with Gasteiger partial charge in [0.1, 0.15) is 0 Å². The van der Waals surface area contributed by atoms with Crippen molar-refractivity contribution in [1.82, 2.24) is 19.3 Å². The third-order valence-electron chi connectivity index (χ3n) is 3.10. The first-order chi connectivity index (χ1) is 10.0. The molecule has 0 bridgehead atoms. The Balaban J connectivity index is 1.69. The summed E-state index contributed by atoms with van der Waals surface area (Å²) in [6, 6.07) is 7.49. The molecular formula is C13H13ClN4O2S. The standard InChI is InChI=1S/C13H13ClN4O2S/c14-12-4-1-3-11(7-12)8-17-9-13(15-16-17)10-18-5-2-6-21(18,19)20/h1-4,6-7,9H,5,8,10H2. The maximum atomic E-state index is 11.7. The minimum absolute atomic E-state index is 0.227. The van der Waals surface area contributed by atoms with Crippen molar-refractivity contribution in [1.29, 1.82) is 0 Å². The van der Waals surface area contributed by atoms with E-state index in [1.807, 2.05) is 24.3 Å². The second-order valence-electron chi connectivity index (χ2n) is 4.75. The molecule has 0 atom stereocenters. The normalized spacial score (nSPS) is 17.4. The molecule has 110 valence electrons. The van der Waals surface area contributed by atoms with Crippen molar-refractivity contribution in [2.75, 3.05) is 6.54 Å². The van der Waals surface area contributed by atoms with Crippen LogP contribution in [0.3, 0.4) is 0 Å². The molecule has 3 rings (SSSR count). The van der Waals surface area contributed by atoms with Gasteiger partial charge in [0.15, 0.2) is 0 Å². The number of sulfonamides is 1. The van der Waals surface area contributed by atoms with Gasteiger partial charge in [-0.1, -0.05) is 35.0 Å². The smallest absolute Gasteiger partial charge is 0.236 e. The zero-order valence-electron chi connectivity index (χ0n) is 11.1. The van der Waals surface area contributed by atoms with E-state index >= 15 is 0 Å². The summed E-state index contributed by atoms with van der Waals surface area (Å²) in [5, 5.41) is 9.90. The van der Waals surface area contributed by atoms with Crippen LogP contribution in [0.1, 0.15) is 11.3 Å². The van der Waals surface area contributed by atoms with Crippen molar-refractivity contribution in [2.45, 2.75) is 13.1 Å². The van der Waals surface area contributed by atoms with Gasteiger partial charge < -0.3 is 0 Å². The monoisotopic (exact) mass is 324 g/mol. The molecule has 0 radical (unpaired) electrons. The summed E-state index contributed by atoms with van der Waals surface area (Å²) in [7, 11) is -3.28. The summed E-state index contributed by atoms with van der Waals surface area (Å²) in [5.74, 6) is 0. The lowest BCUT2D eigenvalue weighted by Crippen LogP contribution is -2.24. The SMILES string of the molecule is O=S1(=O)C=CCN1Cc1cn(Cc2cccc(Cl)c2)nn1. The van der Waals surface area contributed by atoms with Crippen LogP contribution in [0.4, 0.5) is 0 Å². The quantitative estimate of drug-likeness (QED) is 0.857. The van der Waals surface area contributed by atoms with Crippen LogP contribution in [-0.2, 0) is 23.1 Å². The topological polar surface area (TPSA) is 68.1 Å². The van der Waals surface area contributed by atoms with E-state index in [1.165, 1.54) is 9.71 Å². The van der Waals surface area contributed by atoms with Crippen LogP contribution in [0.5, 0.6) is 0 Å². The molecule has 1 aromatic heterocycles. The van der Waals surface area contributed by atoms with E-state index in [9.17, 15) is 8.42 Å². The summed E-state index contributed by atoms with van der Waals surface area (Å²) in [6.45, 7) is 1.15. The predicted octanol–water partition coefficient (Wildman–Crippen LogP) is 1.64. The highest BCUT2D eigenvalue weighted by molar-refractivity contribution is 7.92. The van der Waals surface area contributed by atoms with Gasteiger partial charge in [0.2, 0.25) is 10.0 Å². The van der Waals surface area contributed by atoms with E-state index in [2.05, 4.69) is 10.3 Å². The van der Waals surface area contributed by atoms with Crippen LogP contribution in [0.2, 0.25) is 5.02 Å². The van der Waals surface area contributed by atoms with E-state index in [0.29, 0.717) is 23.8 Å². The summed E-state index contributed by atoms with van der Waals surface area (Å²) < 4.78 is 26.4. The highest BCUT2D eigenvalue weighted by atomic mass is 35.5. The van der Waals surface area contributed by atoms with Crippen LogP contribution in [0.15, 0.2) is 41.9 Å². The van der Waals surface area contributed by atoms with E-state index in [4.69, 9.17) is 11.6 Å². The Morgan fingerprint density at radius 1 is 1.29 bits per heavy atom. The number of nitrogens with zero attached hydrogens (tertiary/aromatic N) is 4. The van der Waals surface area contributed by atoms with Gasteiger partial charge in [-0.15, -0.1) is 5.10 Å². The van der Waals surface area contributed by atoms with Gasteiger partial charge in [-0.05, 0) is 17.7 Å². The first-order valence-corrected chi connectivity index (χ1v) is 8.21. The summed E-state index contributed by atoms with van der Waals surface area (Å²) >= 11 is 5.94. The molecule has 0 fully saturated rings. The van der Waals surface area contributed by atoms with Crippen molar-refractivity contribution in [3.05, 3.63) is 58.2 Å². The molecule has 2 heterocycles. The maximum absolute atomic E-state index is 11.7. The third-order valence-corrected chi connectivity index (χ3v) is 4.86. The van der Waals surface area contributed by atoms with Gasteiger partial charge in [0, 0.05) is 17.0 Å². The number of benzene rings is 1. The molecule has 0 unspecified atom stereocenters. The number of aromatic nitrogens is 3. The first kappa shape index (κ1) is 14.2. The lowest BCUT2D eigenvalue weighted by Gasteiger charge is -2.11.